The van der Waals surface area contributed by atoms with Gasteiger partial charge in [0.25, 0.3) is 0 Å². The molecule has 0 atom stereocenters. The van der Waals surface area contributed by atoms with E-state index in [-0.39, 0.29) is 0 Å². The minimum Gasteiger partial charge on any atom is -0.264 e. The maximum Gasteiger partial charge on any atom is 0.220 e. The second-order valence-electron chi connectivity index (χ2n) is 7.07. The van der Waals surface area contributed by atoms with E-state index in [0.717, 1.165) is 5.56 Å². The molecular weight excluding hydrogens is 316 g/mol. The van der Waals surface area contributed by atoms with Crippen LogP contribution in [0.15, 0.2) is 67.1 Å². The van der Waals surface area contributed by atoms with Crippen molar-refractivity contribution in [2.24, 2.45) is 7.05 Å². The van der Waals surface area contributed by atoms with Crippen molar-refractivity contribution < 1.29 is 4.57 Å². The number of aryl methyl sites for hydroxylation is 3. The predicted octanol–water partition coefficient (Wildman–Crippen LogP) is 5.32. The Hall–Kier alpha value is -3.00. The van der Waals surface area contributed by atoms with Gasteiger partial charge in [-0.3, -0.25) is 4.98 Å². The fraction of sp³-hybridized carbons (Fsp3) is 0.167. The Bertz CT molecular complexity index is 1110. The largest absolute Gasteiger partial charge is 0.264 e. The van der Waals surface area contributed by atoms with E-state index in [9.17, 15) is 0 Å². The third-order valence-electron chi connectivity index (χ3n) is 5.20. The Kier molecular flexibility index (Phi) is 4.04. The normalized spacial score (nSPS) is 11.1. The molecule has 2 heterocycles. The molecule has 4 aromatic rings. The van der Waals surface area contributed by atoms with E-state index >= 15 is 0 Å². The average Bonchev–Trinajstić information content (AvgIpc) is 2.65. The highest BCUT2D eigenvalue weighted by atomic mass is 14.9. The Balaban J connectivity index is 2.04. The zero-order valence-corrected chi connectivity index (χ0v) is 15.7. The van der Waals surface area contributed by atoms with Crippen LogP contribution >= 0.6 is 0 Å². The summed E-state index contributed by atoms with van der Waals surface area (Å²) in [6, 6.07) is 17.5. The van der Waals surface area contributed by atoms with Gasteiger partial charge in [0.15, 0.2) is 6.20 Å². The summed E-state index contributed by atoms with van der Waals surface area (Å²) in [5.41, 5.74) is 8.87. The first kappa shape index (κ1) is 16.5. The Morgan fingerprint density at radius 2 is 1.73 bits per heavy atom. The molecule has 4 rings (SSSR count). The van der Waals surface area contributed by atoms with Gasteiger partial charge in [-0.25, -0.2) is 4.57 Å². The number of hydrogen-bond acceptors (Lipinski definition) is 1. The molecule has 2 nitrogen and oxygen atoms in total. The Morgan fingerprint density at radius 3 is 2.50 bits per heavy atom. The summed E-state index contributed by atoms with van der Waals surface area (Å²) in [6.07, 6.45) is 5.89. The molecule has 0 saturated carbocycles. The zero-order chi connectivity index (χ0) is 18.3. The number of nitrogens with zero attached hydrogens (tertiary/aromatic N) is 2. The van der Waals surface area contributed by atoms with Crippen LogP contribution < -0.4 is 4.57 Å². The lowest BCUT2D eigenvalue weighted by Gasteiger charge is -2.12. The molecule has 0 saturated heterocycles. The highest BCUT2D eigenvalue weighted by molar-refractivity contribution is 5.96. The van der Waals surface area contributed by atoms with Crippen LogP contribution in [0, 0.1) is 20.8 Å². The van der Waals surface area contributed by atoms with Crippen LogP contribution in [0.1, 0.15) is 16.7 Å². The number of fused-ring (bicyclic) bond motifs is 1. The summed E-state index contributed by atoms with van der Waals surface area (Å²) in [5.74, 6) is 0. The third-order valence-corrected chi connectivity index (χ3v) is 5.20. The molecule has 0 spiro atoms. The minimum absolute atomic E-state index is 1.14. The SMILES string of the molecule is Cc1cc(C)c(C)c(-c2c3cc(-c4cccnc4)ccc3cc[n+]2C)c1. The fourth-order valence-corrected chi connectivity index (χ4v) is 3.70. The molecule has 2 heteroatoms. The molecule has 0 radical (unpaired) electrons. The second-order valence-corrected chi connectivity index (χ2v) is 7.07. The Morgan fingerprint density at radius 1 is 0.885 bits per heavy atom. The summed E-state index contributed by atoms with van der Waals surface area (Å²) in [6.45, 7) is 6.58. The van der Waals surface area contributed by atoms with Gasteiger partial charge in [-0.1, -0.05) is 29.8 Å². The van der Waals surface area contributed by atoms with Crippen molar-refractivity contribution in [3.8, 4) is 22.4 Å². The zero-order valence-electron chi connectivity index (χ0n) is 15.7. The van der Waals surface area contributed by atoms with Crippen LogP contribution in [0.3, 0.4) is 0 Å². The third kappa shape index (κ3) is 2.78. The molecule has 26 heavy (non-hydrogen) atoms. The van der Waals surface area contributed by atoms with E-state index in [1.807, 2.05) is 18.5 Å². The molecule has 0 aliphatic rings. The second kappa shape index (κ2) is 6.38. The topological polar surface area (TPSA) is 16.8 Å². The summed E-state index contributed by atoms with van der Waals surface area (Å²) in [7, 11) is 2.13. The van der Waals surface area contributed by atoms with E-state index < -0.39 is 0 Å². The van der Waals surface area contributed by atoms with Crippen LogP contribution in [-0.4, -0.2) is 4.98 Å². The predicted molar refractivity (Wildman–Crippen MR) is 108 cm³/mol. The van der Waals surface area contributed by atoms with Gasteiger partial charge in [0.05, 0.1) is 10.9 Å². The van der Waals surface area contributed by atoms with Gasteiger partial charge in [-0.15, -0.1) is 0 Å². The lowest BCUT2D eigenvalue weighted by molar-refractivity contribution is -0.659. The molecule has 2 aromatic heterocycles. The van der Waals surface area contributed by atoms with Crippen molar-refractivity contribution in [2.45, 2.75) is 20.8 Å². The summed E-state index contributed by atoms with van der Waals surface area (Å²) in [5, 5.41) is 2.52. The highest BCUT2D eigenvalue weighted by Crippen LogP contribution is 2.32. The number of aromatic nitrogens is 2. The summed E-state index contributed by atoms with van der Waals surface area (Å²) < 4.78 is 2.23. The van der Waals surface area contributed by atoms with Crippen molar-refractivity contribution in [1.82, 2.24) is 4.98 Å². The van der Waals surface area contributed by atoms with E-state index in [0.29, 0.717) is 0 Å². The Labute approximate surface area is 154 Å². The van der Waals surface area contributed by atoms with Gasteiger partial charge < -0.3 is 0 Å². The number of pyridine rings is 2. The van der Waals surface area contributed by atoms with E-state index in [1.165, 1.54) is 44.3 Å². The molecule has 0 bridgehead atoms. The molecule has 0 fully saturated rings. The van der Waals surface area contributed by atoms with Gasteiger partial charge in [0.2, 0.25) is 5.69 Å². The number of rotatable bonds is 2. The van der Waals surface area contributed by atoms with E-state index in [2.05, 4.69) is 86.0 Å². The molecular formula is C24H23N2+. The van der Waals surface area contributed by atoms with Crippen molar-refractivity contribution >= 4 is 10.8 Å². The van der Waals surface area contributed by atoms with Crippen LogP contribution in [0.5, 0.6) is 0 Å². The first-order chi connectivity index (χ1) is 12.5. The minimum atomic E-state index is 1.14. The number of benzene rings is 2. The lowest BCUT2D eigenvalue weighted by Crippen LogP contribution is -2.30. The highest BCUT2D eigenvalue weighted by Gasteiger charge is 2.19. The van der Waals surface area contributed by atoms with Gasteiger partial charge in [-0.05, 0) is 61.0 Å². The van der Waals surface area contributed by atoms with Crippen LogP contribution in [0.4, 0.5) is 0 Å². The first-order valence-corrected chi connectivity index (χ1v) is 8.95. The average molecular weight is 339 g/mol. The molecule has 0 aliphatic carbocycles. The smallest absolute Gasteiger partial charge is 0.220 e. The van der Waals surface area contributed by atoms with Gasteiger partial charge in [0.1, 0.15) is 7.05 Å². The molecule has 0 amide bonds. The summed E-state index contributed by atoms with van der Waals surface area (Å²) in [4.78, 5) is 4.27. The molecule has 0 aliphatic heterocycles. The van der Waals surface area contributed by atoms with Crippen LogP contribution in [0.25, 0.3) is 33.2 Å². The monoisotopic (exact) mass is 339 g/mol. The van der Waals surface area contributed by atoms with E-state index in [4.69, 9.17) is 0 Å². The molecule has 0 N–H and O–H groups in total. The van der Waals surface area contributed by atoms with E-state index in [1.54, 1.807) is 0 Å². The van der Waals surface area contributed by atoms with Crippen molar-refractivity contribution in [3.05, 3.63) is 83.8 Å². The van der Waals surface area contributed by atoms with Crippen molar-refractivity contribution in [2.75, 3.05) is 0 Å². The number of hydrogen-bond donors (Lipinski definition) is 0. The van der Waals surface area contributed by atoms with Gasteiger partial charge >= 0.3 is 0 Å². The quantitative estimate of drug-likeness (QED) is 0.452. The molecule has 128 valence electrons. The molecule has 0 unspecified atom stereocenters. The van der Waals surface area contributed by atoms with Crippen molar-refractivity contribution in [1.29, 1.82) is 0 Å². The van der Waals surface area contributed by atoms with Crippen LogP contribution in [0.2, 0.25) is 0 Å². The van der Waals surface area contributed by atoms with Gasteiger partial charge in [-0.2, -0.15) is 0 Å². The van der Waals surface area contributed by atoms with Crippen LogP contribution in [-0.2, 0) is 7.05 Å². The fourth-order valence-electron chi connectivity index (χ4n) is 3.70. The maximum absolute atomic E-state index is 4.27. The lowest BCUT2D eigenvalue weighted by atomic mass is 9.93. The standard InChI is InChI=1S/C24H23N2/c1-16-12-17(2)18(3)22(13-16)24-23-14-20(21-6-5-10-25-15-21)8-7-19(23)9-11-26(24)4/h5-15H,1-4H3/q+1. The maximum atomic E-state index is 4.27. The first-order valence-electron chi connectivity index (χ1n) is 8.95. The summed E-state index contributed by atoms with van der Waals surface area (Å²) >= 11 is 0. The van der Waals surface area contributed by atoms with Crippen molar-refractivity contribution in [3.63, 3.8) is 0 Å². The molecule has 2 aromatic carbocycles. The van der Waals surface area contributed by atoms with Gasteiger partial charge in [0, 0.05) is 24.0 Å².